The van der Waals surface area contributed by atoms with E-state index in [1.165, 1.54) is 0 Å². The highest BCUT2D eigenvalue weighted by Crippen LogP contribution is 2.19. The average Bonchev–Trinajstić information content (AvgIpc) is 2.36. The molecular formula is C9H18N2. The number of likely N-dealkylation sites (tertiary alicyclic amines) is 1. The molecule has 0 bridgehead atoms. The molecule has 2 heteroatoms. The minimum Gasteiger partial charge on any atom is -0.302 e. The zero-order valence-electron chi connectivity index (χ0n) is 7.96. The maximum Gasteiger partial charge on any atom is 0.0669 e. The minimum absolute atomic E-state index is 0.282. The number of rotatable bonds is 0. The number of nitriles is 1. The summed E-state index contributed by atoms with van der Waals surface area (Å²) in [5.41, 5.74) is 0. The van der Waals surface area contributed by atoms with Crippen molar-refractivity contribution < 1.29 is 0 Å². The van der Waals surface area contributed by atoms with Gasteiger partial charge in [0.1, 0.15) is 0 Å². The highest BCUT2D eigenvalue weighted by Gasteiger charge is 2.25. The Morgan fingerprint density at radius 2 is 2.00 bits per heavy atom. The van der Waals surface area contributed by atoms with Crippen LogP contribution in [0, 0.1) is 17.2 Å². The summed E-state index contributed by atoms with van der Waals surface area (Å²) in [5, 5.41) is 8.52. The summed E-state index contributed by atoms with van der Waals surface area (Å²) in [4.78, 5) is 2.23. The fourth-order valence-corrected chi connectivity index (χ4v) is 1.29. The van der Waals surface area contributed by atoms with E-state index in [1.54, 1.807) is 0 Å². The molecule has 0 saturated carbocycles. The van der Waals surface area contributed by atoms with Crippen LogP contribution in [0.2, 0.25) is 0 Å². The van der Waals surface area contributed by atoms with E-state index >= 15 is 0 Å². The predicted molar refractivity (Wildman–Crippen MR) is 47.2 cm³/mol. The number of hydrogen-bond acceptors (Lipinski definition) is 2. The van der Waals surface area contributed by atoms with Crippen LogP contribution in [0.5, 0.6) is 0 Å². The lowest BCUT2D eigenvalue weighted by molar-refractivity contribution is 0.328. The minimum atomic E-state index is 0.282. The Morgan fingerprint density at radius 1 is 1.45 bits per heavy atom. The Labute approximate surface area is 69.8 Å². The van der Waals surface area contributed by atoms with Gasteiger partial charge >= 0.3 is 0 Å². The van der Waals surface area contributed by atoms with E-state index in [0.29, 0.717) is 6.04 Å². The highest BCUT2D eigenvalue weighted by molar-refractivity contribution is 4.92. The second kappa shape index (κ2) is 5.15. The summed E-state index contributed by atoms with van der Waals surface area (Å²) < 4.78 is 0. The normalized spacial score (nSPS) is 30.5. The van der Waals surface area contributed by atoms with E-state index in [2.05, 4.69) is 24.9 Å². The lowest BCUT2D eigenvalue weighted by Crippen LogP contribution is -2.21. The molecule has 0 N–H and O–H groups in total. The quantitative estimate of drug-likeness (QED) is 0.532. The van der Waals surface area contributed by atoms with Crippen LogP contribution >= 0.6 is 0 Å². The average molecular weight is 154 g/mol. The van der Waals surface area contributed by atoms with Crippen LogP contribution in [0.1, 0.15) is 27.2 Å². The van der Waals surface area contributed by atoms with E-state index in [1.807, 2.05) is 13.8 Å². The fraction of sp³-hybridized carbons (Fsp3) is 0.889. The first kappa shape index (κ1) is 10.4. The molecule has 2 nitrogen and oxygen atoms in total. The molecule has 0 aromatic carbocycles. The van der Waals surface area contributed by atoms with Crippen LogP contribution in [0.4, 0.5) is 0 Å². The van der Waals surface area contributed by atoms with E-state index in [0.717, 1.165) is 13.0 Å². The van der Waals surface area contributed by atoms with E-state index in [9.17, 15) is 0 Å². The van der Waals surface area contributed by atoms with Crippen molar-refractivity contribution in [2.75, 3.05) is 13.6 Å². The van der Waals surface area contributed by atoms with Crippen LogP contribution in [0.15, 0.2) is 0 Å². The Bertz CT molecular complexity index is 127. The second-order valence-corrected chi connectivity index (χ2v) is 2.85. The smallest absolute Gasteiger partial charge is 0.0669 e. The number of nitrogens with zero attached hydrogens (tertiary/aromatic N) is 2. The first-order valence-corrected chi connectivity index (χ1v) is 4.34. The summed E-state index contributed by atoms with van der Waals surface area (Å²) in [5.74, 6) is 0.282. The van der Waals surface area contributed by atoms with E-state index < -0.39 is 0 Å². The zero-order valence-corrected chi connectivity index (χ0v) is 7.96. The van der Waals surface area contributed by atoms with Crippen LogP contribution in [0.3, 0.4) is 0 Å². The summed E-state index contributed by atoms with van der Waals surface area (Å²) >= 11 is 0. The summed E-state index contributed by atoms with van der Waals surface area (Å²) in [6.45, 7) is 7.12. The molecule has 0 radical (unpaired) electrons. The molecule has 1 aliphatic heterocycles. The molecular weight excluding hydrogens is 136 g/mol. The van der Waals surface area contributed by atoms with Gasteiger partial charge in [-0.05, 0) is 20.4 Å². The summed E-state index contributed by atoms with van der Waals surface area (Å²) in [7, 11) is 2.07. The van der Waals surface area contributed by atoms with Gasteiger partial charge in [0.25, 0.3) is 0 Å². The van der Waals surface area contributed by atoms with Crippen molar-refractivity contribution in [2.24, 2.45) is 5.92 Å². The van der Waals surface area contributed by atoms with Gasteiger partial charge in [0.15, 0.2) is 0 Å². The van der Waals surface area contributed by atoms with Crippen molar-refractivity contribution in [3.8, 4) is 6.07 Å². The van der Waals surface area contributed by atoms with Crippen molar-refractivity contribution in [2.45, 2.75) is 33.2 Å². The molecule has 11 heavy (non-hydrogen) atoms. The Kier molecular flexibility index (Phi) is 4.89. The fourth-order valence-electron chi connectivity index (χ4n) is 1.29. The molecule has 0 aliphatic carbocycles. The molecule has 1 fully saturated rings. The van der Waals surface area contributed by atoms with Gasteiger partial charge in [0, 0.05) is 12.6 Å². The molecule has 64 valence electrons. The number of hydrogen-bond donors (Lipinski definition) is 0. The monoisotopic (exact) mass is 154 g/mol. The molecule has 0 spiro atoms. The van der Waals surface area contributed by atoms with Gasteiger partial charge in [0.05, 0.1) is 12.0 Å². The molecule has 1 heterocycles. The van der Waals surface area contributed by atoms with Crippen molar-refractivity contribution >= 4 is 0 Å². The molecule has 0 amide bonds. The van der Waals surface area contributed by atoms with Crippen molar-refractivity contribution in [3.05, 3.63) is 0 Å². The van der Waals surface area contributed by atoms with E-state index in [-0.39, 0.29) is 5.92 Å². The standard InChI is InChI=1S/C7H12N2.C2H6/c1-6-3-7(4-8)5-9(6)2;1-2/h6-7H,3,5H2,1-2H3;1-2H3. The van der Waals surface area contributed by atoms with Gasteiger partial charge in [-0.1, -0.05) is 13.8 Å². The second-order valence-electron chi connectivity index (χ2n) is 2.85. The third-order valence-corrected chi connectivity index (χ3v) is 2.07. The van der Waals surface area contributed by atoms with Gasteiger partial charge in [-0.3, -0.25) is 0 Å². The van der Waals surface area contributed by atoms with Crippen LogP contribution in [-0.4, -0.2) is 24.5 Å². The molecule has 0 aromatic rings. The Hall–Kier alpha value is -0.550. The topological polar surface area (TPSA) is 27.0 Å². The third kappa shape index (κ3) is 2.90. The van der Waals surface area contributed by atoms with Gasteiger partial charge in [-0.25, -0.2) is 0 Å². The highest BCUT2D eigenvalue weighted by atomic mass is 15.1. The first-order chi connectivity index (χ1) is 5.24. The Balaban J connectivity index is 0.000000461. The molecule has 2 atom stereocenters. The zero-order chi connectivity index (χ0) is 8.85. The lowest BCUT2D eigenvalue weighted by Gasteiger charge is -2.11. The molecule has 1 saturated heterocycles. The SMILES string of the molecule is CC.CC1CC(C#N)CN1C. The lowest BCUT2D eigenvalue weighted by atomic mass is 10.1. The van der Waals surface area contributed by atoms with Gasteiger partial charge in [-0.15, -0.1) is 0 Å². The molecule has 1 aliphatic rings. The van der Waals surface area contributed by atoms with Crippen LogP contribution < -0.4 is 0 Å². The van der Waals surface area contributed by atoms with Gasteiger partial charge in [0.2, 0.25) is 0 Å². The summed E-state index contributed by atoms with van der Waals surface area (Å²) in [6.07, 6.45) is 1.05. The van der Waals surface area contributed by atoms with Gasteiger partial charge < -0.3 is 4.90 Å². The molecule has 1 rings (SSSR count). The Morgan fingerprint density at radius 3 is 2.18 bits per heavy atom. The predicted octanol–water partition coefficient (Wildman–Crippen LogP) is 1.88. The first-order valence-electron chi connectivity index (χ1n) is 4.34. The molecule has 0 aromatic heterocycles. The van der Waals surface area contributed by atoms with Crippen molar-refractivity contribution in [3.63, 3.8) is 0 Å². The van der Waals surface area contributed by atoms with E-state index in [4.69, 9.17) is 5.26 Å². The molecule has 2 unspecified atom stereocenters. The van der Waals surface area contributed by atoms with Crippen LogP contribution in [0.25, 0.3) is 0 Å². The van der Waals surface area contributed by atoms with Gasteiger partial charge in [-0.2, -0.15) is 5.26 Å². The van der Waals surface area contributed by atoms with Crippen molar-refractivity contribution in [1.29, 1.82) is 5.26 Å². The maximum absolute atomic E-state index is 8.52. The largest absolute Gasteiger partial charge is 0.302 e. The van der Waals surface area contributed by atoms with Crippen LogP contribution in [-0.2, 0) is 0 Å². The third-order valence-electron chi connectivity index (χ3n) is 2.07. The maximum atomic E-state index is 8.52. The summed E-state index contributed by atoms with van der Waals surface area (Å²) in [6, 6.07) is 2.89. The van der Waals surface area contributed by atoms with Crippen molar-refractivity contribution in [1.82, 2.24) is 4.90 Å².